The van der Waals surface area contributed by atoms with Crippen molar-refractivity contribution in [2.24, 2.45) is 5.73 Å². The maximum absolute atomic E-state index is 14.2. The fourth-order valence-electron chi connectivity index (χ4n) is 2.39. The van der Waals surface area contributed by atoms with E-state index in [1.165, 1.54) is 0 Å². The Balaban J connectivity index is 2.15. The van der Waals surface area contributed by atoms with Crippen molar-refractivity contribution in [1.82, 2.24) is 0 Å². The third kappa shape index (κ3) is 5.20. The van der Waals surface area contributed by atoms with E-state index in [1.807, 2.05) is 37.3 Å². The highest BCUT2D eigenvalue weighted by molar-refractivity contribution is 5.75. The zero-order valence-electron chi connectivity index (χ0n) is 15.0. The van der Waals surface area contributed by atoms with Crippen LogP contribution in [-0.2, 0) is 16.1 Å². The third-order valence-electron chi connectivity index (χ3n) is 3.72. The molecule has 26 heavy (non-hydrogen) atoms. The number of halogens is 1. The summed E-state index contributed by atoms with van der Waals surface area (Å²) in [6.45, 7) is 4.34. The zero-order chi connectivity index (χ0) is 18.9. The van der Waals surface area contributed by atoms with Crippen molar-refractivity contribution in [1.29, 1.82) is 0 Å². The van der Waals surface area contributed by atoms with Gasteiger partial charge in [0.05, 0.1) is 19.3 Å². The molecule has 0 aliphatic rings. The van der Waals surface area contributed by atoms with Gasteiger partial charge >= 0.3 is 5.97 Å². The van der Waals surface area contributed by atoms with E-state index in [1.54, 1.807) is 25.1 Å². The van der Waals surface area contributed by atoms with Crippen LogP contribution in [0.4, 0.5) is 4.39 Å². The summed E-state index contributed by atoms with van der Waals surface area (Å²) in [7, 11) is 0. The summed E-state index contributed by atoms with van der Waals surface area (Å²) < 4.78 is 30.3. The number of rotatable bonds is 9. The molecule has 0 bridgehead atoms. The smallest absolute Gasteiger partial charge is 0.342 e. The molecule has 0 spiro atoms. The van der Waals surface area contributed by atoms with Crippen molar-refractivity contribution in [3.8, 4) is 11.5 Å². The predicted octanol–water partition coefficient (Wildman–Crippen LogP) is 3.57. The lowest BCUT2D eigenvalue weighted by molar-refractivity contribution is -0.149. The van der Waals surface area contributed by atoms with E-state index in [0.717, 1.165) is 5.56 Å². The van der Waals surface area contributed by atoms with Crippen LogP contribution in [0.1, 0.15) is 31.0 Å². The van der Waals surface area contributed by atoms with Crippen LogP contribution in [0.15, 0.2) is 48.5 Å². The molecule has 0 fully saturated rings. The second-order valence-corrected chi connectivity index (χ2v) is 5.59. The van der Waals surface area contributed by atoms with Crippen molar-refractivity contribution in [2.75, 3.05) is 13.2 Å². The Morgan fingerprint density at radius 3 is 2.42 bits per heavy atom. The average molecular weight is 361 g/mol. The lowest BCUT2D eigenvalue weighted by Crippen LogP contribution is -2.31. The first-order valence-corrected chi connectivity index (χ1v) is 8.56. The minimum absolute atomic E-state index is 0.0996. The van der Waals surface area contributed by atoms with Crippen molar-refractivity contribution >= 4 is 5.97 Å². The first-order valence-electron chi connectivity index (χ1n) is 8.56. The molecular weight excluding hydrogens is 337 g/mol. The van der Waals surface area contributed by atoms with Gasteiger partial charge in [0, 0.05) is 0 Å². The van der Waals surface area contributed by atoms with Crippen LogP contribution in [0.2, 0.25) is 0 Å². The summed E-state index contributed by atoms with van der Waals surface area (Å²) in [5.41, 5.74) is 7.32. The molecule has 5 nitrogen and oxygen atoms in total. The van der Waals surface area contributed by atoms with Gasteiger partial charge in [-0.1, -0.05) is 36.4 Å². The van der Waals surface area contributed by atoms with Gasteiger partial charge in [-0.05, 0) is 37.1 Å². The summed E-state index contributed by atoms with van der Waals surface area (Å²) in [4.78, 5) is 11.6. The number of esters is 1. The van der Waals surface area contributed by atoms with Crippen molar-refractivity contribution in [3.63, 3.8) is 0 Å². The standard InChI is InChI=1S/C20H24FNO4/c1-3-24-17-12-15(19(22)18(21)20(23)25-4-2)10-11-16(17)26-13-14-8-6-5-7-9-14/h5-12,18-19H,3-4,13,22H2,1-2H3/t18?,19-/m1/s1. The molecule has 0 heterocycles. The Morgan fingerprint density at radius 2 is 1.77 bits per heavy atom. The quantitative estimate of drug-likeness (QED) is 0.692. The summed E-state index contributed by atoms with van der Waals surface area (Å²) in [6, 6.07) is 13.5. The zero-order valence-corrected chi connectivity index (χ0v) is 15.0. The van der Waals surface area contributed by atoms with Gasteiger partial charge < -0.3 is 19.9 Å². The van der Waals surface area contributed by atoms with Crippen LogP contribution in [0.3, 0.4) is 0 Å². The number of ether oxygens (including phenoxy) is 3. The van der Waals surface area contributed by atoms with Crippen molar-refractivity contribution in [3.05, 3.63) is 59.7 Å². The van der Waals surface area contributed by atoms with Gasteiger partial charge in [-0.25, -0.2) is 9.18 Å². The van der Waals surface area contributed by atoms with E-state index in [0.29, 0.717) is 30.3 Å². The predicted molar refractivity (Wildman–Crippen MR) is 96.8 cm³/mol. The molecular formula is C20H24FNO4. The second kappa shape index (κ2) is 9.77. The van der Waals surface area contributed by atoms with Crippen LogP contribution in [0.5, 0.6) is 11.5 Å². The number of benzene rings is 2. The van der Waals surface area contributed by atoms with E-state index in [-0.39, 0.29) is 6.61 Å². The molecule has 2 N–H and O–H groups in total. The number of nitrogens with two attached hydrogens (primary N) is 1. The maximum Gasteiger partial charge on any atom is 0.342 e. The summed E-state index contributed by atoms with van der Waals surface area (Å²) in [5.74, 6) is 0.00741. The van der Waals surface area contributed by atoms with Crippen LogP contribution < -0.4 is 15.2 Å². The number of carbonyl (C=O) groups excluding carboxylic acids is 1. The third-order valence-corrected chi connectivity index (χ3v) is 3.72. The SMILES string of the molecule is CCOC(=O)C(F)[C@H](N)c1ccc(OCc2ccccc2)c(OCC)c1. The van der Waals surface area contributed by atoms with Crippen molar-refractivity contribution in [2.45, 2.75) is 32.7 Å². The number of hydrogen-bond acceptors (Lipinski definition) is 5. The summed E-state index contributed by atoms with van der Waals surface area (Å²) in [6.07, 6.45) is -1.94. The van der Waals surface area contributed by atoms with Crippen LogP contribution >= 0.6 is 0 Å². The molecule has 2 aromatic rings. The Labute approximate surface area is 152 Å². The number of hydrogen-bond donors (Lipinski definition) is 1. The minimum atomic E-state index is -1.94. The molecule has 0 radical (unpaired) electrons. The Morgan fingerprint density at radius 1 is 1.04 bits per heavy atom. The molecule has 0 aromatic heterocycles. The van der Waals surface area contributed by atoms with Gasteiger partial charge in [0.25, 0.3) is 0 Å². The largest absolute Gasteiger partial charge is 0.490 e. The highest BCUT2D eigenvalue weighted by Gasteiger charge is 2.28. The van der Waals surface area contributed by atoms with E-state index >= 15 is 0 Å². The van der Waals surface area contributed by atoms with E-state index in [9.17, 15) is 9.18 Å². The average Bonchev–Trinajstić information content (AvgIpc) is 2.67. The first kappa shape index (κ1) is 19.7. The van der Waals surface area contributed by atoms with Gasteiger partial charge in [0.15, 0.2) is 11.5 Å². The topological polar surface area (TPSA) is 70.8 Å². The van der Waals surface area contributed by atoms with Gasteiger partial charge in [0.2, 0.25) is 6.17 Å². The molecule has 2 aromatic carbocycles. The second-order valence-electron chi connectivity index (χ2n) is 5.59. The summed E-state index contributed by atoms with van der Waals surface area (Å²) in [5, 5.41) is 0. The van der Waals surface area contributed by atoms with Gasteiger partial charge in [0.1, 0.15) is 6.61 Å². The minimum Gasteiger partial charge on any atom is -0.490 e. The Hall–Kier alpha value is -2.60. The molecule has 0 amide bonds. The molecule has 0 saturated heterocycles. The molecule has 0 saturated carbocycles. The van der Waals surface area contributed by atoms with Gasteiger partial charge in [-0.2, -0.15) is 0 Å². The monoisotopic (exact) mass is 361 g/mol. The van der Waals surface area contributed by atoms with E-state index in [2.05, 4.69) is 4.74 Å². The van der Waals surface area contributed by atoms with Crippen LogP contribution in [0, 0.1) is 0 Å². The highest BCUT2D eigenvalue weighted by Crippen LogP contribution is 2.32. The molecule has 2 rings (SSSR count). The maximum atomic E-state index is 14.2. The molecule has 2 atom stereocenters. The summed E-state index contributed by atoms with van der Waals surface area (Å²) >= 11 is 0. The first-order chi connectivity index (χ1) is 12.6. The molecule has 1 unspecified atom stereocenters. The Kier molecular flexibility index (Phi) is 7.41. The van der Waals surface area contributed by atoms with E-state index < -0.39 is 18.2 Å². The van der Waals surface area contributed by atoms with Gasteiger partial charge in [-0.3, -0.25) is 0 Å². The normalized spacial score (nSPS) is 12.9. The molecule has 6 heteroatoms. The Bertz CT molecular complexity index is 708. The van der Waals surface area contributed by atoms with Crippen LogP contribution in [0.25, 0.3) is 0 Å². The lowest BCUT2D eigenvalue weighted by Gasteiger charge is -2.18. The van der Waals surface area contributed by atoms with Crippen molar-refractivity contribution < 1.29 is 23.4 Å². The van der Waals surface area contributed by atoms with E-state index in [4.69, 9.17) is 15.2 Å². The molecule has 0 aliphatic heterocycles. The number of alkyl halides is 1. The number of carbonyl (C=O) groups is 1. The van der Waals surface area contributed by atoms with Gasteiger partial charge in [-0.15, -0.1) is 0 Å². The fourth-order valence-corrected chi connectivity index (χ4v) is 2.39. The fraction of sp³-hybridized carbons (Fsp3) is 0.350. The van der Waals surface area contributed by atoms with Crippen LogP contribution in [-0.4, -0.2) is 25.4 Å². The highest BCUT2D eigenvalue weighted by atomic mass is 19.1. The lowest BCUT2D eigenvalue weighted by atomic mass is 10.0. The molecule has 0 aliphatic carbocycles. The molecule has 140 valence electrons.